The molecule has 1 aromatic heterocycles. The van der Waals surface area contributed by atoms with E-state index in [-0.39, 0.29) is 0 Å². The quantitative estimate of drug-likeness (QED) is 0.771. The van der Waals surface area contributed by atoms with Crippen molar-refractivity contribution >= 4 is 0 Å². The topological polar surface area (TPSA) is 29.9 Å². The lowest BCUT2D eigenvalue weighted by Crippen LogP contribution is -2.16. The predicted octanol–water partition coefficient (Wildman–Crippen LogP) is 1.72. The van der Waals surface area contributed by atoms with Crippen molar-refractivity contribution in [2.45, 2.75) is 37.6 Å². The largest absolute Gasteiger partial charge is 0.309 e. The molecule has 3 nitrogen and oxygen atoms in total. The van der Waals surface area contributed by atoms with Gasteiger partial charge in [0.25, 0.3) is 0 Å². The van der Waals surface area contributed by atoms with Gasteiger partial charge < -0.3 is 5.32 Å². The van der Waals surface area contributed by atoms with Crippen LogP contribution >= 0.6 is 0 Å². The number of nitrogens with zero attached hydrogens (tertiary/aromatic N) is 2. The van der Waals surface area contributed by atoms with Gasteiger partial charge in [0.2, 0.25) is 0 Å². The van der Waals surface area contributed by atoms with Crippen molar-refractivity contribution in [3.63, 3.8) is 0 Å². The van der Waals surface area contributed by atoms with Crippen molar-refractivity contribution in [2.24, 2.45) is 7.05 Å². The standard InChI is InChI=1S/C11H17N3/c1-14-11(9-3-2-6-12-9)7-10(13-14)8-4-5-8/h7-9,12H,2-6H2,1H3. The van der Waals surface area contributed by atoms with E-state index in [1.165, 1.54) is 37.1 Å². The van der Waals surface area contributed by atoms with E-state index in [2.05, 4.69) is 28.2 Å². The average molecular weight is 191 g/mol. The SMILES string of the molecule is Cn1nc(C2CC2)cc1C1CCCN1. The van der Waals surface area contributed by atoms with E-state index >= 15 is 0 Å². The number of rotatable bonds is 2. The molecule has 1 aliphatic heterocycles. The van der Waals surface area contributed by atoms with Gasteiger partial charge in [0.1, 0.15) is 0 Å². The van der Waals surface area contributed by atoms with Crippen LogP contribution in [0.25, 0.3) is 0 Å². The number of aryl methyl sites for hydroxylation is 1. The van der Waals surface area contributed by atoms with E-state index in [9.17, 15) is 0 Å². The van der Waals surface area contributed by atoms with Crippen LogP contribution in [0.1, 0.15) is 49.0 Å². The first-order chi connectivity index (χ1) is 6.84. The second-order valence-corrected chi connectivity index (χ2v) is 4.54. The molecule has 1 atom stereocenters. The molecule has 2 heterocycles. The molecule has 1 aliphatic carbocycles. The van der Waals surface area contributed by atoms with Crippen molar-refractivity contribution in [1.82, 2.24) is 15.1 Å². The summed E-state index contributed by atoms with van der Waals surface area (Å²) < 4.78 is 2.07. The third-order valence-electron chi connectivity index (χ3n) is 3.35. The van der Waals surface area contributed by atoms with Gasteiger partial charge in [-0.25, -0.2) is 0 Å². The minimum Gasteiger partial charge on any atom is -0.309 e. The van der Waals surface area contributed by atoms with Gasteiger partial charge in [0, 0.05) is 19.0 Å². The first kappa shape index (κ1) is 8.48. The van der Waals surface area contributed by atoms with Crippen LogP contribution < -0.4 is 5.32 Å². The van der Waals surface area contributed by atoms with Crippen molar-refractivity contribution in [3.05, 3.63) is 17.5 Å². The van der Waals surface area contributed by atoms with Crippen LogP contribution in [-0.4, -0.2) is 16.3 Å². The molecule has 3 heteroatoms. The number of hydrogen-bond donors (Lipinski definition) is 1. The van der Waals surface area contributed by atoms with Crippen molar-refractivity contribution in [2.75, 3.05) is 6.54 Å². The zero-order valence-corrected chi connectivity index (χ0v) is 8.66. The maximum atomic E-state index is 4.59. The highest BCUT2D eigenvalue weighted by atomic mass is 15.3. The molecule has 0 aromatic carbocycles. The zero-order chi connectivity index (χ0) is 9.54. The Bertz CT molecular complexity index is 332. The van der Waals surface area contributed by atoms with Crippen molar-refractivity contribution in [1.29, 1.82) is 0 Å². The normalized spacial score (nSPS) is 27.1. The summed E-state index contributed by atoms with van der Waals surface area (Å²) >= 11 is 0. The van der Waals surface area contributed by atoms with Gasteiger partial charge in [-0.15, -0.1) is 0 Å². The molecule has 0 spiro atoms. The van der Waals surface area contributed by atoms with Crippen LogP contribution in [-0.2, 0) is 7.05 Å². The summed E-state index contributed by atoms with van der Waals surface area (Å²) in [6, 6.07) is 2.86. The van der Waals surface area contributed by atoms with Gasteiger partial charge in [-0.2, -0.15) is 5.10 Å². The molecule has 76 valence electrons. The molecule has 1 saturated carbocycles. The molecule has 0 bridgehead atoms. The van der Waals surface area contributed by atoms with E-state index < -0.39 is 0 Å². The molecule has 1 unspecified atom stereocenters. The highest BCUT2D eigenvalue weighted by molar-refractivity contribution is 5.21. The summed E-state index contributed by atoms with van der Waals surface area (Å²) in [5.41, 5.74) is 2.70. The van der Waals surface area contributed by atoms with Gasteiger partial charge in [-0.1, -0.05) is 0 Å². The van der Waals surface area contributed by atoms with Crippen LogP contribution in [0.2, 0.25) is 0 Å². The Morgan fingerprint density at radius 3 is 2.93 bits per heavy atom. The van der Waals surface area contributed by atoms with E-state index in [0.717, 1.165) is 12.5 Å². The molecule has 0 amide bonds. The molecule has 2 aliphatic rings. The third-order valence-corrected chi connectivity index (χ3v) is 3.35. The van der Waals surface area contributed by atoms with Crippen molar-refractivity contribution in [3.8, 4) is 0 Å². The number of nitrogens with one attached hydrogen (secondary N) is 1. The van der Waals surface area contributed by atoms with Crippen LogP contribution in [0.4, 0.5) is 0 Å². The summed E-state index contributed by atoms with van der Waals surface area (Å²) in [6.07, 6.45) is 5.25. The lowest BCUT2D eigenvalue weighted by atomic mass is 10.1. The Kier molecular flexibility index (Phi) is 1.87. The molecule has 1 saturated heterocycles. The molecule has 1 N–H and O–H groups in total. The molecular weight excluding hydrogens is 174 g/mol. The fourth-order valence-corrected chi connectivity index (χ4v) is 2.35. The number of aromatic nitrogens is 2. The van der Waals surface area contributed by atoms with E-state index in [1.807, 2.05) is 0 Å². The Morgan fingerprint density at radius 2 is 2.29 bits per heavy atom. The Morgan fingerprint density at radius 1 is 1.43 bits per heavy atom. The zero-order valence-electron chi connectivity index (χ0n) is 8.66. The van der Waals surface area contributed by atoms with Gasteiger partial charge in [0.05, 0.1) is 11.4 Å². The van der Waals surface area contributed by atoms with Crippen molar-refractivity contribution < 1.29 is 0 Å². The molecular formula is C11H17N3. The molecule has 2 fully saturated rings. The third kappa shape index (κ3) is 1.36. The first-order valence-corrected chi connectivity index (χ1v) is 5.62. The number of hydrogen-bond acceptors (Lipinski definition) is 2. The fourth-order valence-electron chi connectivity index (χ4n) is 2.35. The van der Waals surface area contributed by atoms with Gasteiger partial charge in [-0.05, 0) is 38.3 Å². The molecule has 1 aromatic rings. The van der Waals surface area contributed by atoms with Crippen LogP contribution in [0.5, 0.6) is 0 Å². The smallest absolute Gasteiger partial charge is 0.0658 e. The molecule has 0 radical (unpaired) electrons. The summed E-state index contributed by atoms with van der Waals surface area (Å²) in [7, 11) is 2.07. The molecule has 3 rings (SSSR count). The Balaban J connectivity index is 1.88. The summed E-state index contributed by atoms with van der Waals surface area (Å²) in [5, 5.41) is 8.12. The maximum absolute atomic E-state index is 4.59. The second kappa shape index (κ2) is 3.09. The lowest BCUT2D eigenvalue weighted by molar-refractivity contribution is 0.573. The minimum atomic E-state index is 0.556. The second-order valence-electron chi connectivity index (χ2n) is 4.54. The Hall–Kier alpha value is -0.830. The first-order valence-electron chi connectivity index (χ1n) is 5.62. The lowest BCUT2D eigenvalue weighted by Gasteiger charge is -2.09. The van der Waals surface area contributed by atoms with Crippen LogP contribution in [0, 0.1) is 0 Å². The van der Waals surface area contributed by atoms with E-state index in [0.29, 0.717) is 6.04 Å². The summed E-state index contributed by atoms with van der Waals surface area (Å²) in [4.78, 5) is 0. The van der Waals surface area contributed by atoms with Gasteiger partial charge >= 0.3 is 0 Å². The predicted molar refractivity (Wildman–Crippen MR) is 55.2 cm³/mol. The van der Waals surface area contributed by atoms with E-state index in [1.54, 1.807) is 0 Å². The minimum absolute atomic E-state index is 0.556. The van der Waals surface area contributed by atoms with E-state index in [4.69, 9.17) is 0 Å². The maximum Gasteiger partial charge on any atom is 0.0658 e. The summed E-state index contributed by atoms with van der Waals surface area (Å²) in [6.45, 7) is 1.16. The van der Waals surface area contributed by atoms with Crippen LogP contribution in [0.3, 0.4) is 0 Å². The van der Waals surface area contributed by atoms with Gasteiger partial charge in [-0.3, -0.25) is 4.68 Å². The Labute approximate surface area is 84.5 Å². The van der Waals surface area contributed by atoms with Crippen LogP contribution in [0.15, 0.2) is 6.07 Å². The average Bonchev–Trinajstić information content (AvgIpc) is 2.75. The van der Waals surface area contributed by atoms with Gasteiger partial charge in [0.15, 0.2) is 0 Å². The highest BCUT2D eigenvalue weighted by Crippen LogP contribution is 2.40. The molecule has 14 heavy (non-hydrogen) atoms. The monoisotopic (exact) mass is 191 g/mol. The summed E-state index contributed by atoms with van der Waals surface area (Å²) in [5.74, 6) is 0.774. The fraction of sp³-hybridized carbons (Fsp3) is 0.727. The highest BCUT2D eigenvalue weighted by Gasteiger charge is 2.28.